The van der Waals surface area contributed by atoms with Crippen molar-refractivity contribution in [2.45, 2.75) is 12.8 Å². The number of hydrogen-bond acceptors (Lipinski definition) is 4. The molecule has 0 bridgehead atoms. The lowest BCUT2D eigenvalue weighted by atomic mass is 10.2. The zero-order valence-corrected chi connectivity index (χ0v) is 9.87. The Hall–Kier alpha value is -1.91. The van der Waals surface area contributed by atoms with Crippen LogP contribution in [0.5, 0.6) is 0 Å². The number of tetrazole rings is 1. The number of rotatable bonds is 2. The summed E-state index contributed by atoms with van der Waals surface area (Å²) in [6, 6.07) is 8.36. The van der Waals surface area contributed by atoms with Crippen LogP contribution in [0, 0.1) is 0 Å². The average molecular weight is 229 g/mol. The van der Waals surface area contributed by atoms with Gasteiger partial charge in [-0.25, -0.2) is 0 Å². The number of anilines is 1. The van der Waals surface area contributed by atoms with Gasteiger partial charge in [-0.1, -0.05) is 12.1 Å². The quantitative estimate of drug-likeness (QED) is 0.782. The van der Waals surface area contributed by atoms with Crippen molar-refractivity contribution in [3.8, 4) is 11.4 Å². The smallest absolute Gasteiger partial charge is 0.204 e. The minimum atomic E-state index is 0.688. The molecule has 1 fully saturated rings. The van der Waals surface area contributed by atoms with Crippen LogP contribution in [0.2, 0.25) is 0 Å². The van der Waals surface area contributed by atoms with Gasteiger partial charge in [0.1, 0.15) is 0 Å². The van der Waals surface area contributed by atoms with Crippen LogP contribution in [0.15, 0.2) is 24.3 Å². The first-order chi connectivity index (χ1) is 8.33. The van der Waals surface area contributed by atoms with E-state index in [4.69, 9.17) is 0 Å². The van der Waals surface area contributed by atoms with Gasteiger partial charge in [0.2, 0.25) is 5.82 Å². The second kappa shape index (κ2) is 4.16. The lowest BCUT2D eigenvalue weighted by Gasteiger charge is -2.17. The van der Waals surface area contributed by atoms with Crippen LogP contribution >= 0.6 is 0 Å². The summed E-state index contributed by atoms with van der Waals surface area (Å²) in [5, 5.41) is 12.1. The Labute approximate surface area is 100 Å². The fourth-order valence-electron chi connectivity index (χ4n) is 2.22. The average Bonchev–Trinajstić information content (AvgIpc) is 3.00. The summed E-state index contributed by atoms with van der Waals surface area (Å²) >= 11 is 0. The SMILES string of the molecule is Cn1nnc(-c2cccc(N3CCCC3)c2)n1. The van der Waals surface area contributed by atoms with Gasteiger partial charge in [-0.05, 0) is 30.2 Å². The van der Waals surface area contributed by atoms with Crippen molar-refractivity contribution < 1.29 is 0 Å². The van der Waals surface area contributed by atoms with Gasteiger partial charge >= 0.3 is 0 Å². The van der Waals surface area contributed by atoms with Gasteiger partial charge in [0, 0.05) is 24.3 Å². The Balaban J connectivity index is 1.93. The lowest BCUT2D eigenvalue weighted by Crippen LogP contribution is -2.17. The molecule has 5 heteroatoms. The fourth-order valence-corrected chi connectivity index (χ4v) is 2.22. The van der Waals surface area contributed by atoms with Gasteiger partial charge in [0.05, 0.1) is 7.05 Å². The molecule has 2 aromatic rings. The van der Waals surface area contributed by atoms with E-state index in [0.29, 0.717) is 5.82 Å². The summed E-state index contributed by atoms with van der Waals surface area (Å²) in [4.78, 5) is 3.89. The first-order valence-corrected chi connectivity index (χ1v) is 5.92. The summed E-state index contributed by atoms with van der Waals surface area (Å²) in [7, 11) is 1.78. The minimum Gasteiger partial charge on any atom is -0.372 e. The largest absolute Gasteiger partial charge is 0.372 e. The highest BCUT2D eigenvalue weighted by Gasteiger charge is 2.13. The molecular formula is C12H15N5. The van der Waals surface area contributed by atoms with Crippen molar-refractivity contribution in [1.29, 1.82) is 0 Å². The van der Waals surface area contributed by atoms with Crippen LogP contribution in [0.4, 0.5) is 5.69 Å². The number of nitrogens with zero attached hydrogens (tertiary/aromatic N) is 5. The highest BCUT2D eigenvalue weighted by molar-refractivity contribution is 5.62. The Morgan fingerprint density at radius 2 is 2.00 bits per heavy atom. The predicted octanol–water partition coefficient (Wildman–Crippen LogP) is 1.48. The molecule has 2 heterocycles. The number of aromatic nitrogens is 4. The van der Waals surface area contributed by atoms with Crippen LogP contribution in [0.25, 0.3) is 11.4 Å². The third-order valence-electron chi connectivity index (χ3n) is 3.08. The second-order valence-corrected chi connectivity index (χ2v) is 4.35. The summed E-state index contributed by atoms with van der Waals surface area (Å²) < 4.78 is 0. The minimum absolute atomic E-state index is 0.688. The van der Waals surface area contributed by atoms with Crippen molar-refractivity contribution >= 4 is 5.69 Å². The van der Waals surface area contributed by atoms with Gasteiger partial charge in [-0.3, -0.25) is 0 Å². The maximum atomic E-state index is 4.22. The molecule has 0 aliphatic carbocycles. The van der Waals surface area contributed by atoms with E-state index in [2.05, 4.69) is 38.5 Å². The predicted molar refractivity (Wildman–Crippen MR) is 65.7 cm³/mol. The summed E-state index contributed by atoms with van der Waals surface area (Å²) in [6.45, 7) is 2.30. The molecule has 0 N–H and O–H groups in total. The molecule has 0 saturated carbocycles. The lowest BCUT2D eigenvalue weighted by molar-refractivity contribution is 0.630. The monoisotopic (exact) mass is 229 g/mol. The Morgan fingerprint density at radius 3 is 2.71 bits per heavy atom. The fraction of sp³-hybridized carbons (Fsp3) is 0.417. The highest BCUT2D eigenvalue weighted by atomic mass is 15.6. The molecule has 1 aromatic heterocycles. The Kier molecular flexibility index (Phi) is 2.51. The van der Waals surface area contributed by atoms with E-state index in [0.717, 1.165) is 18.7 Å². The number of hydrogen-bond donors (Lipinski definition) is 0. The molecule has 0 amide bonds. The van der Waals surface area contributed by atoms with Crippen LogP contribution in [-0.4, -0.2) is 33.3 Å². The van der Waals surface area contributed by atoms with Crippen LogP contribution in [-0.2, 0) is 7.05 Å². The molecule has 3 rings (SSSR count). The summed E-state index contributed by atoms with van der Waals surface area (Å²) in [5.41, 5.74) is 2.29. The van der Waals surface area contributed by atoms with E-state index < -0.39 is 0 Å². The van der Waals surface area contributed by atoms with E-state index in [9.17, 15) is 0 Å². The van der Waals surface area contributed by atoms with Gasteiger partial charge < -0.3 is 4.90 Å². The maximum absolute atomic E-state index is 4.22. The number of benzene rings is 1. The molecule has 0 spiro atoms. The Bertz CT molecular complexity index is 513. The van der Waals surface area contributed by atoms with Crippen LogP contribution in [0.1, 0.15) is 12.8 Å². The standard InChI is InChI=1S/C12H15N5/c1-16-14-12(13-15-16)10-5-4-6-11(9-10)17-7-2-3-8-17/h4-6,9H,2-3,7-8H2,1H3. The molecule has 1 aliphatic heterocycles. The van der Waals surface area contributed by atoms with E-state index in [1.54, 1.807) is 7.05 Å². The third-order valence-corrected chi connectivity index (χ3v) is 3.08. The van der Waals surface area contributed by atoms with Crippen LogP contribution < -0.4 is 4.90 Å². The van der Waals surface area contributed by atoms with E-state index in [-0.39, 0.29) is 0 Å². The molecule has 0 radical (unpaired) electrons. The molecule has 0 atom stereocenters. The van der Waals surface area contributed by atoms with E-state index >= 15 is 0 Å². The first-order valence-electron chi connectivity index (χ1n) is 5.92. The zero-order valence-electron chi connectivity index (χ0n) is 9.87. The molecule has 1 aromatic carbocycles. The van der Waals surface area contributed by atoms with Gasteiger partial charge in [0.25, 0.3) is 0 Å². The van der Waals surface area contributed by atoms with Crippen molar-refractivity contribution in [2.75, 3.05) is 18.0 Å². The molecule has 5 nitrogen and oxygen atoms in total. The van der Waals surface area contributed by atoms with E-state index in [1.807, 2.05) is 6.07 Å². The number of aryl methyl sites for hydroxylation is 1. The highest BCUT2D eigenvalue weighted by Crippen LogP contribution is 2.24. The third kappa shape index (κ3) is 2.00. The zero-order chi connectivity index (χ0) is 11.7. The molecule has 1 aliphatic rings. The molecule has 0 unspecified atom stereocenters. The first kappa shape index (κ1) is 10.3. The molecular weight excluding hydrogens is 214 g/mol. The molecule has 1 saturated heterocycles. The van der Waals surface area contributed by atoms with Crippen molar-refractivity contribution in [3.05, 3.63) is 24.3 Å². The molecule has 17 heavy (non-hydrogen) atoms. The topological polar surface area (TPSA) is 46.8 Å². The maximum Gasteiger partial charge on any atom is 0.204 e. The van der Waals surface area contributed by atoms with Crippen molar-refractivity contribution in [2.24, 2.45) is 7.05 Å². The summed E-state index contributed by atoms with van der Waals surface area (Å²) in [5.74, 6) is 0.688. The second-order valence-electron chi connectivity index (χ2n) is 4.35. The van der Waals surface area contributed by atoms with Crippen molar-refractivity contribution in [3.63, 3.8) is 0 Å². The summed E-state index contributed by atoms with van der Waals surface area (Å²) in [6.07, 6.45) is 2.57. The van der Waals surface area contributed by atoms with Crippen molar-refractivity contribution in [1.82, 2.24) is 20.2 Å². The molecule has 88 valence electrons. The van der Waals surface area contributed by atoms with Gasteiger partial charge in [-0.15, -0.1) is 10.2 Å². The Morgan fingerprint density at radius 1 is 1.18 bits per heavy atom. The van der Waals surface area contributed by atoms with Gasteiger partial charge in [0.15, 0.2) is 0 Å². The van der Waals surface area contributed by atoms with E-state index in [1.165, 1.54) is 23.3 Å². The normalized spacial score (nSPS) is 15.5. The van der Waals surface area contributed by atoms with Crippen LogP contribution in [0.3, 0.4) is 0 Å². The van der Waals surface area contributed by atoms with Gasteiger partial charge in [-0.2, -0.15) is 4.80 Å².